The Morgan fingerprint density at radius 2 is 2.15 bits per heavy atom. The summed E-state index contributed by atoms with van der Waals surface area (Å²) >= 11 is 3.50. The van der Waals surface area contributed by atoms with Crippen molar-refractivity contribution >= 4 is 23.3 Å². The highest BCUT2D eigenvalue weighted by atomic mass is 32.2. The molecule has 0 radical (unpaired) electrons. The highest BCUT2D eigenvalue weighted by molar-refractivity contribution is 7.97. The van der Waals surface area contributed by atoms with Gasteiger partial charge in [-0.2, -0.15) is 5.26 Å². The Kier molecular flexibility index (Phi) is 8.63. The summed E-state index contributed by atoms with van der Waals surface area (Å²) in [5.74, 6) is 1.69. The van der Waals surface area contributed by atoms with Gasteiger partial charge in [0.25, 0.3) is 0 Å². The van der Waals surface area contributed by atoms with Gasteiger partial charge in [-0.25, -0.2) is 4.98 Å². The van der Waals surface area contributed by atoms with Crippen LogP contribution in [0.15, 0.2) is 42.6 Å². The molecule has 0 saturated carbocycles. The van der Waals surface area contributed by atoms with Gasteiger partial charge in [-0.15, -0.1) is 11.3 Å². The van der Waals surface area contributed by atoms with Gasteiger partial charge in [0, 0.05) is 30.1 Å². The number of nitriles is 1. The topological polar surface area (TPSA) is 70.0 Å². The second kappa shape index (κ2) is 11.9. The number of thiazole rings is 1. The van der Waals surface area contributed by atoms with Crippen molar-refractivity contribution in [3.05, 3.63) is 59.3 Å². The third-order valence-electron chi connectivity index (χ3n) is 5.78. The summed E-state index contributed by atoms with van der Waals surface area (Å²) in [5.41, 5.74) is 5.60. The lowest BCUT2D eigenvalue weighted by Gasteiger charge is -2.14. The molecule has 2 N–H and O–H groups in total. The minimum Gasteiger partial charge on any atom is -0.490 e. The maximum atomic E-state index is 9.57. The fourth-order valence-corrected chi connectivity index (χ4v) is 6.01. The molecule has 3 aromatic rings. The molecule has 7 heteroatoms. The smallest absolute Gasteiger partial charge is 0.137 e. The van der Waals surface area contributed by atoms with E-state index in [2.05, 4.69) is 41.2 Å². The van der Waals surface area contributed by atoms with E-state index in [1.54, 1.807) is 11.3 Å². The predicted octanol–water partition coefficient (Wildman–Crippen LogP) is 6.36. The first-order valence-electron chi connectivity index (χ1n) is 12.0. The van der Waals surface area contributed by atoms with Crippen LogP contribution >= 0.6 is 23.3 Å². The van der Waals surface area contributed by atoms with Crippen LogP contribution in [0, 0.1) is 11.3 Å². The van der Waals surface area contributed by atoms with Crippen molar-refractivity contribution in [2.75, 3.05) is 18.8 Å². The number of aromatic nitrogens is 1. The summed E-state index contributed by atoms with van der Waals surface area (Å²) in [6.45, 7) is 8.24. The van der Waals surface area contributed by atoms with Gasteiger partial charge < -0.3 is 10.1 Å². The first-order chi connectivity index (χ1) is 16.6. The van der Waals surface area contributed by atoms with Gasteiger partial charge in [-0.1, -0.05) is 37.1 Å². The number of hydrogen-bond donors (Lipinski definition) is 2. The van der Waals surface area contributed by atoms with Crippen molar-refractivity contribution in [3.8, 4) is 32.8 Å². The third-order valence-corrected chi connectivity index (χ3v) is 7.72. The van der Waals surface area contributed by atoms with Crippen LogP contribution in [0.4, 0.5) is 0 Å². The van der Waals surface area contributed by atoms with Crippen LogP contribution in [0.2, 0.25) is 0 Å². The maximum absolute atomic E-state index is 9.57. The second-order valence-electron chi connectivity index (χ2n) is 8.70. The monoisotopic (exact) mass is 492 g/mol. The van der Waals surface area contributed by atoms with Crippen molar-refractivity contribution in [3.63, 3.8) is 0 Å². The van der Waals surface area contributed by atoms with Crippen molar-refractivity contribution in [2.45, 2.75) is 52.2 Å². The van der Waals surface area contributed by atoms with Crippen molar-refractivity contribution < 1.29 is 4.74 Å². The van der Waals surface area contributed by atoms with Crippen molar-refractivity contribution in [1.29, 1.82) is 5.26 Å². The van der Waals surface area contributed by atoms with E-state index in [-0.39, 0.29) is 6.10 Å². The average molecular weight is 493 g/mol. The summed E-state index contributed by atoms with van der Waals surface area (Å²) < 4.78 is 9.44. The quantitative estimate of drug-likeness (QED) is 0.240. The molecule has 34 heavy (non-hydrogen) atoms. The van der Waals surface area contributed by atoms with Crippen molar-refractivity contribution in [1.82, 2.24) is 15.0 Å². The van der Waals surface area contributed by atoms with E-state index in [0.717, 1.165) is 42.3 Å². The minimum absolute atomic E-state index is 0.0269. The Bertz CT molecular complexity index is 1150. The zero-order chi connectivity index (χ0) is 23.9. The van der Waals surface area contributed by atoms with E-state index >= 15 is 0 Å². The van der Waals surface area contributed by atoms with Gasteiger partial charge in [-0.3, -0.25) is 4.72 Å². The van der Waals surface area contributed by atoms with Crippen LogP contribution < -0.4 is 14.8 Å². The van der Waals surface area contributed by atoms with Gasteiger partial charge in [0.05, 0.1) is 16.5 Å². The molecule has 1 heterocycles. The normalized spacial score (nSPS) is 14.9. The largest absolute Gasteiger partial charge is 0.490 e. The average Bonchev–Trinajstić information content (AvgIpc) is 3.49. The van der Waals surface area contributed by atoms with Crippen LogP contribution in [-0.2, 0) is 6.42 Å². The molecule has 1 aromatic heterocycles. The molecule has 4 rings (SSSR count). The third kappa shape index (κ3) is 5.81. The minimum atomic E-state index is 0.0269. The first kappa shape index (κ1) is 24.7. The Labute approximate surface area is 211 Å². The van der Waals surface area contributed by atoms with E-state index in [1.165, 1.54) is 28.0 Å². The Morgan fingerprint density at radius 1 is 1.26 bits per heavy atom. The molecule has 0 amide bonds. The Hall–Kier alpha value is -2.37. The molecule has 1 aliphatic carbocycles. The maximum Gasteiger partial charge on any atom is 0.137 e. The van der Waals surface area contributed by atoms with E-state index in [9.17, 15) is 5.26 Å². The van der Waals surface area contributed by atoms with E-state index in [4.69, 9.17) is 9.72 Å². The molecule has 0 bridgehead atoms. The van der Waals surface area contributed by atoms with Gasteiger partial charge >= 0.3 is 0 Å². The number of nitrogens with zero attached hydrogens (tertiary/aromatic N) is 2. The molecule has 0 fully saturated rings. The van der Waals surface area contributed by atoms with Crippen LogP contribution in [0.5, 0.6) is 5.75 Å². The Balaban J connectivity index is 1.49. The molecule has 0 aliphatic heterocycles. The van der Waals surface area contributed by atoms with Gasteiger partial charge in [0.2, 0.25) is 0 Å². The van der Waals surface area contributed by atoms with Crippen LogP contribution in [0.1, 0.15) is 56.3 Å². The fraction of sp³-hybridized carbons (Fsp3) is 0.407. The molecule has 0 saturated heterocycles. The van der Waals surface area contributed by atoms with E-state index in [1.807, 2.05) is 50.2 Å². The highest BCUT2D eigenvalue weighted by Gasteiger charge is 2.25. The fourth-order valence-electron chi connectivity index (χ4n) is 4.23. The molecular formula is C27H32N4OS2. The second-order valence-corrected chi connectivity index (χ2v) is 10.7. The van der Waals surface area contributed by atoms with Crippen LogP contribution in [0.25, 0.3) is 21.0 Å². The number of rotatable bonds is 11. The van der Waals surface area contributed by atoms with Crippen LogP contribution in [-0.4, -0.2) is 29.9 Å². The summed E-state index contributed by atoms with van der Waals surface area (Å²) in [4.78, 5) is 5.87. The van der Waals surface area contributed by atoms with E-state index in [0.29, 0.717) is 17.4 Å². The molecule has 1 unspecified atom stereocenters. The molecule has 5 nitrogen and oxygen atoms in total. The van der Waals surface area contributed by atoms with Crippen LogP contribution in [0.3, 0.4) is 0 Å². The lowest BCUT2D eigenvalue weighted by Crippen LogP contribution is -2.20. The molecule has 2 aromatic carbocycles. The standard InChI is InChI=1S/C27H32N4OS2/c1-4-12-29-13-14-33-31-24-10-9-21-22(24)6-5-7-23(21)26-17-30-27(34-26)19-8-11-25(32-18(2)3)20(15-19)16-28/h5-8,11,15,17-18,24,29,31H,4,9-10,12-14H2,1-3H3. The molecule has 178 valence electrons. The Morgan fingerprint density at radius 3 is 2.94 bits per heavy atom. The zero-order valence-electron chi connectivity index (χ0n) is 20.1. The van der Waals surface area contributed by atoms with Gasteiger partial charge in [0.1, 0.15) is 16.8 Å². The summed E-state index contributed by atoms with van der Waals surface area (Å²) in [5, 5.41) is 13.9. The lowest BCUT2D eigenvalue weighted by atomic mass is 10.0. The molecular weight excluding hydrogens is 460 g/mol. The molecule has 0 spiro atoms. The zero-order valence-corrected chi connectivity index (χ0v) is 21.7. The summed E-state index contributed by atoms with van der Waals surface area (Å²) in [6.07, 6.45) is 5.36. The number of nitrogens with one attached hydrogen (secondary N) is 2. The number of ether oxygens (including phenoxy) is 1. The number of benzene rings is 2. The number of hydrogen-bond acceptors (Lipinski definition) is 7. The lowest BCUT2D eigenvalue weighted by molar-refractivity contribution is 0.242. The summed E-state index contributed by atoms with van der Waals surface area (Å²) in [6, 6.07) is 15.0. The SMILES string of the molecule is CCCNCCSNC1CCc2c(-c3cnc(-c4ccc(OC(C)C)c(C#N)c4)s3)cccc21. The highest BCUT2D eigenvalue weighted by Crippen LogP contribution is 2.41. The van der Waals surface area contributed by atoms with Crippen molar-refractivity contribution in [2.24, 2.45) is 0 Å². The predicted molar refractivity (Wildman–Crippen MR) is 143 cm³/mol. The number of fused-ring (bicyclic) bond motifs is 1. The van der Waals surface area contributed by atoms with Gasteiger partial charge in [0.15, 0.2) is 0 Å². The summed E-state index contributed by atoms with van der Waals surface area (Å²) in [7, 11) is 0. The van der Waals surface area contributed by atoms with E-state index < -0.39 is 0 Å². The molecule has 1 atom stereocenters. The first-order valence-corrected chi connectivity index (χ1v) is 13.8. The molecule has 1 aliphatic rings. The van der Waals surface area contributed by atoms with Gasteiger partial charge in [-0.05, 0) is 74.5 Å².